The van der Waals surface area contributed by atoms with Crippen LogP contribution in [0, 0.1) is 0 Å². The van der Waals surface area contributed by atoms with Crippen molar-refractivity contribution in [2.75, 3.05) is 6.61 Å². The normalized spacial score (nSPS) is 9.93. The second-order valence-corrected chi connectivity index (χ2v) is 3.40. The quantitative estimate of drug-likeness (QED) is 0.613. The molecule has 0 saturated heterocycles. The van der Waals surface area contributed by atoms with E-state index in [0.29, 0.717) is 12.2 Å². The maximum atomic E-state index is 11.3. The highest BCUT2D eigenvalue weighted by atomic mass is 32.1. The van der Waals surface area contributed by atoms with Gasteiger partial charge in [0.25, 0.3) is 0 Å². The Morgan fingerprint density at radius 2 is 2.14 bits per heavy atom. The maximum absolute atomic E-state index is 11.3. The summed E-state index contributed by atoms with van der Waals surface area (Å²) in [5.74, 6) is -0.287. The van der Waals surface area contributed by atoms with E-state index in [4.69, 9.17) is 4.74 Å². The van der Waals surface area contributed by atoms with Crippen molar-refractivity contribution in [2.45, 2.75) is 25.2 Å². The third kappa shape index (κ3) is 2.51. The van der Waals surface area contributed by atoms with Gasteiger partial charge in [-0.1, -0.05) is 13.0 Å². The second kappa shape index (κ2) is 5.05. The molecule has 0 bridgehead atoms. The average Bonchev–Trinajstić information content (AvgIpc) is 2.18. The number of hydrogen-bond donors (Lipinski definition) is 1. The Balaban J connectivity index is 2.91. The Hall–Kier alpha value is -0.960. The van der Waals surface area contributed by atoms with E-state index in [9.17, 15) is 4.79 Å². The second-order valence-electron chi connectivity index (χ2n) is 2.92. The van der Waals surface area contributed by atoms with Crippen molar-refractivity contribution in [3.63, 3.8) is 0 Å². The van der Waals surface area contributed by atoms with E-state index in [2.05, 4.69) is 19.6 Å². The Morgan fingerprint density at radius 1 is 1.43 bits per heavy atom. The summed E-state index contributed by atoms with van der Waals surface area (Å²) in [6.07, 6.45) is 0.919. The molecule has 0 aliphatic heterocycles. The zero-order valence-electron chi connectivity index (χ0n) is 8.41. The highest BCUT2D eigenvalue weighted by Crippen LogP contribution is 2.17. The van der Waals surface area contributed by atoms with Crippen molar-refractivity contribution >= 4 is 18.6 Å². The maximum Gasteiger partial charge on any atom is 0.338 e. The van der Waals surface area contributed by atoms with Gasteiger partial charge in [0, 0.05) is 4.90 Å². The van der Waals surface area contributed by atoms with E-state index < -0.39 is 0 Å². The highest BCUT2D eigenvalue weighted by molar-refractivity contribution is 7.80. The van der Waals surface area contributed by atoms with Gasteiger partial charge in [-0.3, -0.25) is 0 Å². The molecule has 0 aliphatic rings. The Kier molecular flexibility index (Phi) is 4.01. The molecule has 0 N–H and O–H groups in total. The molecule has 76 valence electrons. The van der Waals surface area contributed by atoms with E-state index in [1.54, 1.807) is 19.1 Å². The summed E-state index contributed by atoms with van der Waals surface area (Å²) < 4.78 is 4.88. The summed E-state index contributed by atoms with van der Waals surface area (Å²) in [7, 11) is 0. The molecular formula is C11H14O2S. The van der Waals surface area contributed by atoms with Crippen LogP contribution in [0.25, 0.3) is 0 Å². The smallest absolute Gasteiger partial charge is 0.338 e. The zero-order valence-corrected chi connectivity index (χ0v) is 9.30. The number of esters is 1. The zero-order chi connectivity index (χ0) is 10.6. The van der Waals surface area contributed by atoms with Gasteiger partial charge in [0.15, 0.2) is 0 Å². The van der Waals surface area contributed by atoms with Crippen LogP contribution >= 0.6 is 12.6 Å². The fraction of sp³-hybridized carbons (Fsp3) is 0.364. The molecule has 1 aromatic rings. The average molecular weight is 210 g/mol. The molecule has 0 aromatic heterocycles. The SMILES string of the molecule is CCOC(=O)c1ccc(CC)c(S)c1. The molecule has 2 nitrogen and oxygen atoms in total. The van der Waals surface area contributed by atoms with Gasteiger partial charge in [-0.15, -0.1) is 12.6 Å². The molecule has 0 heterocycles. The Morgan fingerprint density at radius 3 is 2.64 bits per heavy atom. The van der Waals surface area contributed by atoms with Crippen LogP contribution in [-0.4, -0.2) is 12.6 Å². The minimum absolute atomic E-state index is 0.287. The highest BCUT2D eigenvalue weighted by Gasteiger charge is 2.07. The van der Waals surface area contributed by atoms with Crippen LogP contribution in [0.4, 0.5) is 0 Å². The van der Waals surface area contributed by atoms with Gasteiger partial charge in [0.1, 0.15) is 0 Å². The van der Waals surface area contributed by atoms with Crippen LogP contribution in [0.3, 0.4) is 0 Å². The van der Waals surface area contributed by atoms with E-state index in [1.165, 1.54) is 0 Å². The summed E-state index contributed by atoms with van der Waals surface area (Å²) in [5.41, 5.74) is 1.70. The monoisotopic (exact) mass is 210 g/mol. The van der Waals surface area contributed by atoms with Gasteiger partial charge in [-0.2, -0.15) is 0 Å². The van der Waals surface area contributed by atoms with Gasteiger partial charge in [-0.25, -0.2) is 4.79 Å². The largest absolute Gasteiger partial charge is 0.462 e. The summed E-state index contributed by atoms with van der Waals surface area (Å²) in [6, 6.07) is 5.44. The minimum atomic E-state index is -0.287. The molecule has 14 heavy (non-hydrogen) atoms. The standard InChI is InChI=1S/C11H14O2S/c1-3-8-5-6-9(7-10(8)14)11(12)13-4-2/h5-7,14H,3-4H2,1-2H3. The molecular weight excluding hydrogens is 196 g/mol. The van der Waals surface area contributed by atoms with Crippen molar-refractivity contribution < 1.29 is 9.53 Å². The predicted molar refractivity (Wildman–Crippen MR) is 59.0 cm³/mol. The molecule has 1 aromatic carbocycles. The molecule has 0 aliphatic carbocycles. The lowest BCUT2D eigenvalue weighted by Gasteiger charge is -2.05. The van der Waals surface area contributed by atoms with E-state index in [1.807, 2.05) is 6.07 Å². The lowest BCUT2D eigenvalue weighted by Crippen LogP contribution is -2.04. The summed E-state index contributed by atoms with van der Waals surface area (Å²) in [5, 5.41) is 0. The van der Waals surface area contributed by atoms with Crippen LogP contribution in [0.15, 0.2) is 23.1 Å². The lowest BCUT2D eigenvalue weighted by atomic mass is 10.1. The molecule has 1 rings (SSSR count). The van der Waals surface area contributed by atoms with Crippen LogP contribution in [0.1, 0.15) is 29.8 Å². The molecule has 3 heteroatoms. The van der Waals surface area contributed by atoms with Crippen molar-refractivity contribution in [2.24, 2.45) is 0 Å². The van der Waals surface area contributed by atoms with Gasteiger partial charge in [0.2, 0.25) is 0 Å². The first kappa shape index (κ1) is 11.1. The number of rotatable bonds is 3. The molecule has 0 spiro atoms. The van der Waals surface area contributed by atoms with Crippen molar-refractivity contribution in [3.05, 3.63) is 29.3 Å². The third-order valence-corrected chi connectivity index (χ3v) is 2.39. The minimum Gasteiger partial charge on any atom is -0.462 e. The summed E-state index contributed by atoms with van der Waals surface area (Å²) >= 11 is 4.30. The first-order valence-electron chi connectivity index (χ1n) is 4.68. The van der Waals surface area contributed by atoms with E-state index in [-0.39, 0.29) is 5.97 Å². The number of thiol groups is 1. The van der Waals surface area contributed by atoms with Crippen LogP contribution in [0.5, 0.6) is 0 Å². The first-order chi connectivity index (χ1) is 6.69. The van der Waals surface area contributed by atoms with E-state index >= 15 is 0 Å². The number of ether oxygens (including phenoxy) is 1. The number of aryl methyl sites for hydroxylation is 1. The van der Waals surface area contributed by atoms with Gasteiger partial charge in [0.05, 0.1) is 12.2 Å². The molecule has 0 radical (unpaired) electrons. The summed E-state index contributed by atoms with van der Waals surface area (Å²) in [4.78, 5) is 12.2. The molecule has 0 saturated carbocycles. The van der Waals surface area contributed by atoms with Crippen LogP contribution in [0.2, 0.25) is 0 Å². The van der Waals surface area contributed by atoms with Crippen LogP contribution < -0.4 is 0 Å². The number of hydrogen-bond acceptors (Lipinski definition) is 3. The fourth-order valence-corrected chi connectivity index (χ4v) is 1.58. The molecule has 0 atom stereocenters. The van der Waals surface area contributed by atoms with Crippen molar-refractivity contribution in [1.29, 1.82) is 0 Å². The third-order valence-electron chi connectivity index (χ3n) is 1.98. The van der Waals surface area contributed by atoms with Crippen molar-refractivity contribution in [3.8, 4) is 0 Å². The van der Waals surface area contributed by atoms with Crippen LogP contribution in [-0.2, 0) is 11.2 Å². The number of benzene rings is 1. The fourth-order valence-electron chi connectivity index (χ4n) is 1.20. The molecule has 0 unspecified atom stereocenters. The topological polar surface area (TPSA) is 26.3 Å². The molecule has 0 fully saturated rings. The number of carbonyl (C=O) groups excluding carboxylic acids is 1. The van der Waals surface area contributed by atoms with Gasteiger partial charge in [-0.05, 0) is 31.0 Å². The first-order valence-corrected chi connectivity index (χ1v) is 5.12. The lowest BCUT2D eigenvalue weighted by molar-refractivity contribution is 0.0526. The molecule has 0 amide bonds. The van der Waals surface area contributed by atoms with Gasteiger partial charge >= 0.3 is 5.97 Å². The summed E-state index contributed by atoms with van der Waals surface area (Å²) in [6.45, 7) is 4.25. The van der Waals surface area contributed by atoms with E-state index in [0.717, 1.165) is 16.9 Å². The Labute approximate surface area is 89.7 Å². The number of carbonyl (C=O) groups is 1. The predicted octanol–water partition coefficient (Wildman–Crippen LogP) is 2.71. The Bertz CT molecular complexity index is 334. The van der Waals surface area contributed by atoms with Gasteiger partial charge < -0.3 is 4.74 Å². The van der Waals surface area contributed by atoms with Crippen molar-refractivity contribution in [1.82, 2.24) is 0 Å².